The van der Waals surface area contributed by atoms with Crippen molar-refractivity contribution in [3.63, 3.8) is 0 Å². The maximum absolute atomic E-state index is 5.89. The highest BCUT2D eigenvalue weighted by atomic mass is 35.5. The van der Waals surface area contributed by atoms with E-state index in [0.717, 1.165) is 11.8 Å². The first-order chi connectivity index (χ1) is 5.83. The highest BCUT2D eigenvalue weighted by Crippen LogP contribution is 2.26. The minimum Gasteiger partial charge on any atom is -0.355 e. The van der Waals surface area contributed by atoms with E-state index < -0.39 is 0 Å². The second kappa shape index (κ2) is 2.79. The average molecular weight is 182 g/mol. The van der Waals surface area contributed by atoms with Crippen LogP contribution >= 0.6 is 11.6 Å². The number of rotatable bonds is 1. The van der Waals surface area contributed by atoms with Gasteiger partial charge < -0.3 is 4.52 Å². The SMILES string of the molecule is CCc1ccc(Cl)c2oncc12. The van der Waals surface area contributed by atoms with Gasteiger partial charge in [0.1, 0.15) is 0 Å². The minimum absolute atomic E-state index is 0.625. The van der Waals surface area contributed by atoms with Gasteiger partial charge in [-0.15, -0.1) is 0 Å². The quantitative estimate of drug-likeness (QED) is 0.676. The topological polar surface area (TPSA) is 26.0 Å². The van der Waals surface area contributed by atoms with Gasteiger partial charge >= 0.3 is 0 Å². The van der Waals surface area contributed by atoms with Crippen molar-refractivity contribution in [2.45, 2.75) is 13.3 Å². The van der Waals surface area contributed by atoms with Gasteiger partial charge in [-0.1, -0.05) is 29.7 Å². The van der Waals surface area contributed by atoms with Gasteiger partial charge in [0.15, 0.2) is 5.58 Å². The molecule has 0 saturated heterocycles. The van der Waals surface area contributed by atoms with Crippen LogP contribution in [-0.2, 0) is 6.42 Å². The van der Waals surface area contributed by atoms with Crippen molar-refractivity contribution in [1.82, 2.24) is 5.16 Å². The normalized spacial score (nSPS) is 10.8. The maximum atomic E-state index is 5.89. The Kier molecular flexibility index (Phi) is 1.77. The summed E-state index contributed by atoms with van der Waals surface area (Å²) in [7, 11) is 0. The van der Waals surface area contributed by atoms with Crippen molar-refractivity contribution in [3.8, 4) is 0 Å². The van der Waals surface area contributed by atoms with Crippen molar-refractivity contribution in [3.05, 3.63) is 28.9 Å². The first kappa shape index (κ1) is 7.62. The summed E-state index contributed by atoms with van der Waals surface area (Å²) in [5, 5.41) is 5.35. The fourth-order valence-electron chi connectivity index (χ4n) is 1.29. The summed E-state index contributed by atoms with van der Waals surface area (Å²) in [5.41, 5.74) is 1.91. The summed E-state index contributed by atoms with van der Waals surface area (Å²) >= 11 is 5.89. The van der Waals surface area contributed by atoms with Crippen LogP contribution in [0, 0.1) is 0 Å². The van der Waals surface area contributed by atoms with E-state index in [1.54, 1.807) is 6.20 Å². The highest BCUT2D eigenvalue weighted by Gasteiger charge is 2.06. The Labute approximate surface area is 75.1 Å². The molecule has 1 heterocycles. The van der Waals surface area contributed by atoms with Gasteiger partial charge in [-0.25, -0.2) is 0 Å². The first-order valence-electron chi connectivity index (χ1n) is 3.84. The number of fused-ring (bicyclic) bond motifs is 1. The van der Waals surface area contributed by atoms with Crippen molar-refractivity contribution < 1.29 is 4.52 Å². The highest BCUT2D eigenvalue weighted by molar-refractivity contribution is 6.34. The lowest BCUT2D eigenvalue weighted by molar-refractivity contribution is 0.456. The molecular formula is C9H8ClNO. The number of hydrogen-bond acceptors (Lipinski definition) is 2. The second-order valence-corrected chi connectivity index (χ2v) is 3.04. The number of hydrogen-bond donors (Lipinski definition) is 0. The van der Waals surface area contributed by atoms with Crippen molar-refractivity contribution in [2.24, 2.45) is 0 Å². The molecule has 0 spiro atoms. The summed E-state index contributed by atoms with van der Waals surface area (Å²) < 4.78 is 5.01. The largest absolute Gasteiger partial charge is 0.355 e. The molecule has 0 bridgehead atoms. The lowest BCUT2D eigenvalue weighted by atomic mass is 10.1. The van der Waals surface area contributed by atoms with Crippen LogP contribution in [0.1, 0.15) is 12.5 Å². The molecule has 0 N–H and O–H groups in total. The zero-order valence-corrected chi connectivity index (χ0v) is 7.43. The van der Waals surface area contributed by atoms with Gasteiger partial charge in [-0.3, -0.25) is 0 Å². The number of aromatic nitrogens is 1. The van der Waals surface area contributed by atoms with Crippen LogP contribution in [0.25, 0.3) is 11.0 Å². The number of aryl methyl sites for hydroxylation is 1. The molecular weight excluding hydrogens is 174 g/mol. The molecule has 0 atom stereocenters. The van der Waals surface area contributed by atoms with Crippen LogP contribution in [0.4, 0.5) is 0 Å². The van der Waals surface area contributed by atoms with Crippen LogP contribution < -0.4 is 0 Å². The Morgan fingerprint density at radius 1 is 1.50 bits per heavy atom. The molecule has 0 radical (unpaired) electrons. The monoisotopic (exact) mass is 181 g/mol. The van der Waals surface area contributed by atoms with Crippen molar-refractivity contribution in [2.75, 3.05) is 0 Å². The fraction of sp³-hybridized carbons (Fsp3) is 0.222. The summed E-state index contributed by atoms with van der Waals surface area (Å²) in [5.74, 6) is 0. The van der Waals surface area contributed by atoms with E-state index in [4.69, 9.17) is 16.1 Å². The molecule has 62 valence electrons. The predicted molar refractivity (Wildman–Crippen MR) is 48.4 cm³/mol. The molecule has 12 heavy (non-hydrogen) atoms. The molecule has 2 aromatic rings. The maximum Gasteiger partial charge on any atom is 0.185 e. The van der Waals surface area contributed by atoms with Gasteiger partial charge in [0.05, 0.1) is 11.2 Å². The number of benzene rings is 1. The Morgan fingerprint density at radius 2 is 2.33 bits per heavy atom. The Hall–Kier alpha value is -1.02. The second-order valence-electron chi connectivity index (χ2n) is 2.63. The molecule has 2 rings (SSSR count). The predicted octanol–water partition coefficient (Wildman–Crippen LogP) is 3.04. The number of halogens is 1. The summed E-state index contributed by atoms with van der Waals surface area (Å²) in [6.45, 7) is 2.09. The van der Waals surface area contributed by atoms with E-state index in [-0.39, 0.29) is 0 Å². The minimum atomic E-state index is 0.625. The van der Waals surface area contributed by atoms with Crippen LogP contribution in [0.3, 0.4) is 0 Å². The molecule has 2 nitrogen and oxygen atoms in total. The van der Waals surface area contributed by atoms with Gasteiger partial charge in [-0.05, 0) is 18.1 Å². The van der Waals surface area contributed by atoms with E-state index in [1.165, 1.54) is 5.56 Å². The number of nitrogens with zero attached hydrogens (tertiary/aromatic N) is 1. The lowest BCUT2D eigenvalue weighted by Crippen LogP contribution is -1.80. The third-order valence-electron chi connectivity index (χ3n) is 1.95. The third-order valence-corrected chi connectivity index (χ3v) is 2.24. The Bertz CT molecular complexity index is 408. The standard InChI is InChI=1S/C9H8ClNO/c1-2-6-3-4-8(10)9-7(6)5-11-12-9/h3-5H,2H2,1H3. The molecule has 0 aliphatic rings. The van der Waals surface area contributed by atoms with Crippen LogP contribution in [0.2, 0.25) is 5.02 Å². The molecule has 0 saturated carbocycles. The zero-order chi connectivity index (χ0) is 8.55. The van der Waals surface area contributed by atoms with E-state index in [0.29, 0.717) is 10.6 Å². The van der Waals surface area contributed by atoms with E-state index >= 15 is 0 Å². The molecule has 0 aliphatic carbocycles. The van der Waals surface area contributed by atoms with E-state index in [9.17, 15) is 0 Å². The molecule has 0 amide bonds. The fourth-order valence-corrected chi connectivity index (χ4v) is 1.49. The molecule has 0 unspecified atom stereocenters. The molecule has 0 fully saturated rings. The van der Waals surface area contributed by atoms with Gasteiger partial charge in [0.25, 0.3) is 0 Å². The van der Waals surface area contributed by atoms with Crippen LogP contribution in [0.5, 0.6) is 0 Å². The molecule has 1 aromatic carbocycles. The molecule has 3 heteroatoms. The molecule has 1 aromatic heterocycles. The summed E-state index contributed by atoms with van der Waals surface area (Å²) in [6, 6.07) is 3.84. The van der Waals surface area contributed by atoms with Gasteiger partial charge in [-0.2, -0.15) is 0 Å². The van der Waals surface area contributed by atoms with Gasteiger partial charge in [0.2, 0.25) is 0 Å². The smallest absolute Gasteiger partial charge is 0.185 e. The Morgan fingerprint density at radius 3 is 3.08 bits per heavy atom. The summed E-state index contributed by atoms with van der Waals surface area (Å²) in [6.07, 6.45) is 2.68. The Balaban J connectivity index is 2.82. The molecule has 0 aliphatic heterocycles. The van der Waals surface area contributed by atoms with Crippen LogP contribution in [-0.4, -0.2) is 5.16 Å². The summed E-state index contributed by atoms with van der Waals surface area (Å²) in [4.78, 5) is 0. The van der Waals surface area contributed by atoms with Crippen molar-refractivity contribution >= 4 is 22.6 Å². The van der Waals surface area contributed by atoms with Gasteiger partial charge in [0, 0.05) is 5.39 Å². The van der Waals surface area contributed by atoms with Crippen molar-refractivity contribution in [1.29, 1.82) is 0 Å². The lowest BCUT2D eigenvalue weighted by Gasteiger charge is -1.97. The third kappa shape index (κ3) is 0.994. The van der Waals surface area contributed by atoms with E-state index in [1.807, 2.05) is 12.1 Å². The van der Waals surface area contributed by atoms with E-state index in [2.05, 4.69) is 12.1 Å². The van der Waals surface area contributed by atoms with Crippen LogP contribution in [0.15, 0.2) is 22.9 Å². The average Bonchev–Trinajstić information content (AvgIpc) is 2.54. The zero-order valence-electron chi connectivity index (χ0n) is 6.67. The first-order valence-corrected chi connectivity index (χ1v) is 4.22.